The number of thiocarbonyl (C=S) groups is 1. The molecule has 0 saturated carbocycles. The van der Waals surface area contributed by atoms with E-state index in [0.717, 1.165) is 15.7 Å². The SMILES string of the molecule is Cc1ccc(C(=O)NC(=S)N(C)c2ccccc2)cc1Br. The predicted molar refractivity (Wildman–Crippen MR) is 93.8 cm³/mol. The molecule has 2 rings (SSSR count). The maximum atomic E-state index is 12.2. The second kappa shape index (κ2) is 6.83. The van der Waals surface area contributed by atoms with Gasteiger partial charge in [0.05, 0.1) is 0 Å². The maximum absolute atomic E-state index is 12.2. The Hall–Kier alpha value is -1.72. The van der Waals surface area contributed by atoms with Crippen LogP contribution in [0.25, 0.3) is 0 Å². The van der Waals surface area contributed by atoms with Crippen LogP contribution in [0.1, 0.15) is 15.9 Å². The summed E-state index contributed by atoms with van der Waals surface area (Å²) in [4.78, 5) is 14.0. The van der Waals surface area contributed by atoms with E-state index in [1.807, 2.05) is 50.4 Å². The predicted octanol–water partition coefficient (Wildman–Crippen LogP) is 3.91. The standard InChI is InChI=1S/C16H15BrN2OS/c1-11-8-9-12(10-14(11)17)15(20)18-16(21)19(2)13-6-4-3-5-7-13/h3-10H,1-2H3,(H,18,20,21). The smallest absolute Gasteiger partial charge is 0.257 e. The molecule has 1 N–H and O–H groups in total. The van der Waals surface area contributed by atoms with E-state index in [2.05, 4.69) is 21.2 Å². The molecule has 0 aliphatic rings. The number of carbonyl (C=O) groups excluding carboxylic acids is 1. The van der Waals surface area contributed by atoms with E-state index in [1.165, 1.54) is 0 Å². The van der Waals surface area contributed by atoms with Gasteiger partial charge in [0.2, 0.25) is 0 Å². The topological polar surface area (TPSA) is 32.3 Å². The number of nitrogens with one attached hydrogen (secondary N) is 1. The molecule has 108 valence electrons. The van der Waals surface area contributed by atoms with Crippen molar-refractivity contribution in [2.24, 2.45) is 0 Å². The van der Waals surface area contributed by atoms with Gasteiger partial charge >= 0.3 is 0 Å². The Labute approximate surface area is 138 Å². The summed E-state index contributed by atoms with van der Waals surface area (Å²) in [6, 6.07) is 15.1. The van der Waals surface area contributed by atoms with Crippen LogP contribution in [0.3, 0.4) is 0 Å². The molecule has 0 heterocycles. The first kappa shape index (κ1) is 15.7. The minimum Gasteiger partial charge on any atom is -0.322 e. The molecule has 3 nitrogen and oxygen atoms in total. The fourth-order valence-electron chi connectivity index (χ4n) is 1.76. The summed E-state index contributed by atoms with van der Waals surface area (Å²) in [5, 5.41) is 3.10. The molecule has 0 fully saturated rings. The summed E-state index contributed by atoms with van der Waals surface area (Å²) in [7, 11) is 1.82. The quantitative estimate of drug-likeness (QED) is 0.822. The highest BCUT2D eigenvalue weighted by atomic mass is 79.9. The molecule has 2 aromatic rings. The molecule has 0 aromatic heterocycles. The average molecular weight is 363 g/mol. The van der Waals surface area contributed by atoms with Gasteiger partial charge in [-0.1, -0.05) is 40.2 Å². The number of anilines is 1. The lowest BCUT2D eigenvalue weighted by Crippen LogP contribution is -2.40. The molecule has 0 radical (unpaired) electrons. The van der Waals surface area contributed by atoms with Crippen molar-refractivity contribution in [3.05, 3.63) is 64.1 Å². The van der Waals surface area contributed by atoms with Gasteiger partial charge in [-0.25, -0.2) is 0 Å². The third kappa shape index (κ3) is 3.89. The molecule has 0 aliphatic heterocycles. The van der Waals surface area contributed by atoms with Gasteiger partial charge < -0.3 is 4.90 Å². The van der Waals surface area contributed by atoms with Gasteiger partial charge in [0.15, 0.2) is 5.11 Å². The van der Waals surface area contributed by atoms with E-state index in [9.17, 15) is 4.79 Å². The lowest BCUT2D eigenvalue weighted by atomic mass is 10.1. The maximum Gasteiger partial charge on any atom is 0.257 e. The van der Waals surface area contributed by atoms with Gasteiger partial charge in [0.1, 0.15) is 0 Å². The Bertz CT molecular complexity index is 673. The Kier molecular flexibility index (Phi) is 5.09. The van der Waals surface area contributed by atoms with Gasteiger partial charge in [-0.3, -0.25) is 10.1 Å². The number of carbonyl (C=O) groups is 1. The van der Waals surface area contributed by atoms with Crippen LogP contribution in [-0.4, -0.2) is 18.1 Å². The zero-order valence-corrected chi connectivity index (χ0v) is 14.2. The number of hydrogen-bond acceptors (Lipinski definition) is 2. The molecule has 0 spiro atoms. The first-order valence-electron chi connectivity index (χ1n) is 6.39. The third-order valence-electron chi connectivity index (χ3n) is 3.10. The summed E-state index contributed by atoms with van der Waals surface area (Å²) in [6.45, 7) is 1.97. The fourth-order valence-corrected chi connectivity index (χ4v) is 2.33. The Morgan fingerprint density at radius 2 is 1.86 bits per heavy atom. The van der Waals surface area contributed by atoms with Gasteiger partial charge in [0.25, 0.3) is 5.91 Å². The van der Waals surface area contributed by atoms with Crippen LogP contribution in [0.15, 0.2) is 53.0 Å². The van der Waals surface area contributed by atoms with Crippen LogP contribution < -0.4 is 10.2 Å². The number of amides is 1. The number of benzene rings is 2. The molecule has 0 unspecified atom stereocenters. The van der Waals surface area contributed by atoms with E-state index < -0.39 is 0 Å². The van der Waals surface area contributed by atoms with Gasteiger partial charge in [-0.05, 0) is 49.0 Å². The lowest BCUT2D eigenvalue weighted by Gasteiger charge is -2.20. The second-order valence-electron chi connectivity index (χ2n) is 4.62. The van der Waals surface area contributed by atoms with E-state index in [0.29, 0.717) is 10.7 Å². The number of hydrogen-bond donors (Lipinski definition) is 1. The van der Waals surface area contributed by atoms with Crippen molar-refractivity contribution in [3.8, 4) is 0 Å². The van der Waals surface area contributed by atoms with Crippen molar-refractivity contribution < 1.29 is 4.79 Å². The summed E-state index contributed by atoms with van der Waals surface area (Å²) < 4.78 is 0.900. The largest absolute Gasteiger partial charge is 0.322 e. The summed E-state index contributed by atoms with van der Waals surface area (Å²) in [6.07, 6.45) is 0. The van der Waals surface area contributed by atoms with Crippen LogP contribution >= 0.6 is 28.1 Å². The van der Waals surface area contributed by atoms with Crippen LogP contribution in [0.2, 0.25) is 0 Å². The number of rotatable bonds is 2. The third-order valence-corrected chi connectivity index (χ3v) is 4.33. The minimum atomic E-state index is -0.219. The zero-order valence-electron chi connectivity index (χ0n) is 11.8. The molecule has 21 heavy (non-hydrogen) atoms. The number of halogens is 1. The molecular formula is C16H15BrN2OS. The number of para-hydroxylation sites is 1. The average Bonchev–Trinajstić information content (AvgIpc) is 2.50. The minimum absolute atomic E-state index is 0.219. The Morgan fingerprint density at radius 1 is 1.19 bits per heavy atom. The monoisotopic (exact) mass is 362 g/mol. The summed E-state index contributed by atoms with van der Waals surface area (Å²) in [5.74, 6) is -0.219. The van der Waals surface area contributed by atoms with Gasteiger partial charge in [-0.2, -0.15) is 0 Å². The van der Waals surface area contributed by atoms with E-state index >= 15 is 0 Å². The van der Waals surface area contributed by atoms with Crippen molar-refractivity contribution >= 4 is 44.9 Å². The van der Waals surface area contributed by atoms with Crippen molar-refractivity contribution in [2.75, 3.05) is 11.9 Å². The van der Waals surface area contributed by atoms with Gasteiger partial charge in [-0.15, -0.1) is 0 Å². The molecule has 0 bridgehead atoms. The summed E-state index contributed by atoms with van der Waals surface area (Å²) in [5.41, 5.74) is 2.57. The highest BCUT2D eigenvalue weighted by Gasteiger charge is 2.12. The first-order chi connectivity index (χ1) is 9.99. The zero-order chi connectivity index (χ0) is 15.4. The van der Waals surface area contributed by atoms with Crippen LogP contribution in [0.4, 0.5) is 5.69 Å². The highest BCUT2D eigenvalue weighted by molar-refractivity contribution is 9.10. The van der Waals surface area contributed by atoms with Crippen LogP contribution in [-0.2, 0) is 0 Å². The Morgan fingerprint density at radius 3 is 2.48 bits per heavy atom. The van der Waals surface area contributed by atoms with Crippen LogP contribution in [0, 0.1) is 6.92 Å². The Balaban J connectivity index is 2.08. The number of nitrogens with zero attached hydrogens (tertiary/aromatic N) is 1. The van der Waals surface area contributed by atoms with E-state index in [4.69, 9.17) is 12.2 Å². The molecular weight excluding hydrogens is 348 g/mol. The number of aryl methyl sites for hydroxylation is 1. The molecule has 1 amide bonds. The molecule has 2 aromatic carbocycles. The van der Waals surface area contributed by atoms with Crippen molar-refractivity contribution in [1.82, 2.24) is 5.32 Å². The second-order valence-corrected chi connectivity index (χ2v) is 5.86. The van der Waals surface area contributed by atoms with Crippen LogP contribution in [0.5, 0.6) is 0 Å². The lowest BCUT2D eigenvalue weighted by molar-refractivity contribution is 0.0977. The fraction of sp³-hybridized carbons (Fsp3) is 0.125. The van der Waals surface area contributed by atoms with E-state index in [1.54, 1.807) is 17.0 Å². The van der Waals surface area contributed by atoms with Gasteiger partial charge in [0, 0.05) is 22.8 Å². The van der Waals surface area contributed by atoms with E-state index in [-0.39, 0.29) is 5.91 Å². The molecule has 0 atom stereocenters. The van der Waals surface area contributed by atoms with Crippen molar-refractivity contribution in [3.63, 3.8) is 0 Å². The van der Waals surface area contributed by atoms with Crippen molar-refractivity contribution in [2.45, 2.75) is 6.92 Å². The normalized spacial score (nSPS) is 10.0. The highest BCUT2D eigenvalue weighted by Crippen LogP contribution is 2.17. The molecule has 0 aliphatic carbocycles. The molecule has 5 heteroatoms. The van der Waals surface area contributed by atoms with Crippen molar-refractivity contribution in [1.29, 1.82) is 0 Å². The molecule has 0 saturated heterocycles. The summed E-state index contributed by atoms with van der Waals surface area (Å²) >= 11 is 8.70. The first-order valence-corrected chi connectivity index (χ1v) is 7.59.